The van der Waals surface area contributed by atoms with E-state index in [0.29, 0.717) is 35.2 Å². The van der Waals surface area contributed by atoms with E-state index >= 15 is 0 Å². The zero-order valence-electron chi connectivity index (χ0n) is 17.2. The van der Waals surface area contributed by atoms with Crippen molar-refractivity contribution in [3.63, 3.8) is 0 Å². The lowest BCUT2D eigenvalue weighted by Crippen LogP contribution is -2.18. The van der Waals surface area contributed by atoms with Crippen LogP contribution in [-0.4, -0.2) is 41.1 Å². The first-order valence-electron chi connectivity index (χ1n) is 9.25. The Morgan fingerprint density at radius 1 is 1.04 bits per heavy atom. The molecule has 0 spiro atoms. The van der Waals surface area contributed by atoms with Gasteiger partial charge in [0.25, 0.3) is 0 Å². The van der Waals surface area contributed by atoms with Gasteiger partial charge in [-0.2, -0.15) is 0 Å². The Hall–Kier alpha value is -2.73. The van der Waals surface area contributed by atoms with Crippen molar-refractivity contribution in [2.75, 3.05) is 35.1 Å². The predicted molar refractivity (Wildman–Crippen MR) is 109 cm³/mol. The third-order valence-corrected chi connectivity index (χ3v) is 4.70. The second-order valence-electron chi connectivity index (χ2n) is 6.45. The molecule has 152 valence electrons. The molecule has 0 radical (unpaired) electrons. The van der Waals surface area contributed by atoms with Crippen molar-refractivity contribution in [3.05, 3.63) is 53.1 Å². The van der Waals surface area contributed by atoms with Gasteiger partial charge in [0.15, 0.2) is 11.5 Å². The number of carbonyl (C=O) groups excluding carboxylic acids is 1. The predicted octanol–water partition coefficient (Wildman–Crippen LogP) is 3.78. The quantitative estimate of drug-likeness (QED) is 0.494. The SMILES string of the molecule is CNCOC(=O)c1cc(OC)c(OC)c(OC)c1CCC(C)c1ccccc1. The Labute approximate surface area is 166 Å². The highest BCUT2D eigenvalue weighted by atomic mass is 16.5. The van der Waals surface area contributed by atoms with Crippen molar-refractivity contribution in [1.82, 2.24) is 5.32 Å². The van der Waals surface area contributed by atoms with Crippen molar-refractivity contribution in [2.24, 2.45) is 0 Å². The number of ether oxygens (including phenoxy) is 4. The van der Waals surface area contributed by atoms with Gasteiger partial charge in [-0.1, -0.05) is 37.3 Å². The average Bonchev–Trinajstić information content (AvgIpc) is 2.74. The maximum atomic E-state index is 12.7. The molecule has 0 aliphatic carbocycles. The summed E-state index contributed by atoms with van der Waals surface area (Å²) in [5.74, 6) is 1.28. The lowest BCUT2D eigenvalue weighted by molar-refractivity contribution is 0.0479. The van der Waals surface area contributed by atoms with Crippen molar-refractivity contribution in [3.8, 4) is 17.2 Å². The van der Waals surface area contributed by atoms with Crippen LogP contribution in [0.25, 0.3) is 0 Å². The molecule has 6 nitrogen and oxygen atoms in total. The molecule has 0 heterocycles. The van der Waals surface area contributed by atoms with Crippen molar-refractivity contribution >= 4 is 5.97 Å². The molecule has 1 atom stereocenters. The van der Waals surface area contributed by atoms with E-state index in [0.717, 1.165) is 12.0 Å². The lowest BCUT2D eigenvalue weighted by Gasteiger charge is -2.20. The summed E-state index contributed by atoms with van der Waals surface area (Å²) in [6.45, 7) is 2.29. The van der Waals surface area contributed by atoms with Gasteiger partial charge in [-0.15, -0.1) is 0 Å². The molecule has 2 aromatic rings. The number of carbonyl (C=O) groups is 1. The number of nitrogens with one attached hydrogen (secondary N) is 1. The second kappa shape index (κ2) is 10.6. The van der Waals surface area contributed by atoms with Crippen LogP contribution in [0, 0.1) is 0 Å². The van der Waals surface area contributed by atoms with Gasteiger partial charge in [-0.05, 0) is 37.4 Å². The van der Waals surface area contributed by atoms with Gasteiger partial charge in [-0.25, -0.2) is 4.79 Å². The van der Waals surface area contributed by atoms with Crippen LogP contribution in [0.1, 0.15) is 40.7 Å². The average molecular weight is 387 g/mol. The Morgan fingerprint density at radius 2 is 1.71 bits per heavy atom. The topological polar surface area (TPSA) is 66.0 Å². The van der Waals surface area contributed by atoms with Crippen molar-refractivity contribution in [1.29, 1.82) is 0 Å². The molecule has 0 amide bonds. The lowest BCUT2D eigenvalue weighted by atomic mass is 9.91. The highest BCUT2D eigenvalue weighted by molar-refractivity contribution is 5.93. The summed E-state index contributed by atoms with van der Waals surface area (Å²) in [5, 5.41) is 2.81. The molecule has 28 heavy (non-hydrogen) atoms. The number of hydrogen-bond donors (Lipinski definition) is 1. The van der Waals surface area contributed by atoms with E-state index in [1.165, 1.54) is 12.7 Å². The zero-order chi connectivity index (χ0) is 20.5. The molecule has 0 aromatic heterocycles. The van der Waals surface area contributed by atoms with Gasteiger partial charge < -0.3 is 18.9 Å². The van der Waals surface area contributed by atoms with Crippen molar-refractivity contribution < 1.29 is 23.7 Å². The minimum atomic E-state index is -0.434. The maximum Gasteiger partial charge on any atom is 0.340 e. The second-order valence-corrected chi connectivity index (χ2v) is 6.45. The first kappa shape index (κ1) is 21.6. The van der Waals surface area contributed by atoms with E-state index in [1.54, 1.807) is 27.3 Å². The Bertz CT molecular complexity index is 776. The summed E-state index contributed by atoms with van der Waals surface area (Å²) in [4.78, 5) is 12.7. The van der Waals surface area contributed by atoms with E-state index in [1.807, 2.05) is 18.2 Å². The van der Waals surface area contributed by atoms with Crippen LogP contribution < -0.4 is 19.5 Å². The van der Waals surface area contributed by atoms with Crippen LogP contribution in [-0.2, 0) is 11.2 Å². The molecule has 6 heteroatoms. The molecule has 1 unspecified atom stereocenters. The van der Waals surface area contributed by atoms with E-state index in [2.05, 4.69) is 24.4 Å². The molecule has 2 rings (SSSR count). The number of rotatable bonds is 10. The van der Waals surface area contributed by atoms with E-state index in [-0.39, 0.29) is 6.73 Å². The third kappa shape index (κ3) is 4.95. The van der Waals surface area contributed by atoms with Crippen LogP contribution in [0.4, 0.5) is 0 Å². The van der Waals surface area contributed by atoms with Crippen LogP contribution in [0.3, 0.4) is 0 Å². The van der Waals surface area contributed by atoms with Crippen LogP contribution in [0.2, 0.25) is 0 Å². The summed E-state index contributed by atoms with van der Waals surface area (Å²) < 4.78 is 21.8. The fourth-order valence-electron chi connectivity index (χ4n) is 3.17. The largest absolute Gasteiger partial charge is 0.493 e. The van der Waals surface area contributed by atoms with Gasteiger partial charge in [0.1, 0.15) is 6.73 Å². The zero-order valence-corrected chi connectivity index (χ0v) is 17.2. The first-order valence-corrected chi connectivity index (χ1v) is 9.25. The van der Waals surface area contributed by atoms with E-state index in [9.17, 15) is 4.79 Å². The van der Waals surface area contributed by atoms with Gasteiger partial charge in [0.05, 0.1) is 26.9 Å². The monoisotopic (exact) mass is 387 g/mol. The molecule has 1 N–H and O–H groups in total. The molecule has 0 saturated heterocycles. The summed E-state index contributed by atoms with van der Waals surface area (Å²) in [6.07, 6.45) is 1.46. The number of hydrogen-bond acceptors (Lipinski definition) is 6. The van der Waals surface area contributed by atoms with Crippen molar-refractivity contribution in [2.45, 2.75) is 25.7 Å². The fourth-order valence-corrected chi connectivity index (χ4v) is 3.17. The third-order valence-electron chi connectivity index (χ3n) is 4.70. The van der Waals surface area contributed by atoms with E-state index < -0.39 is 5.97 Å². The molecule has 0 bridgehead atoms. The summed E-state index contributed by atoms with van der Waals surface area (Å²) >= 11 is 0. The van der Waals surface area contributed by atoms with Gasteiger partial charge >= 0.3 is 5.97 Å². The van der Waals surface area contributed by atoms with Crippen LogP contribution in [0.5, 0.6) is 17.2 Å². The first-order chi connectivity index (χ1) is 13.6. The highest BCUT2D eigenvalue weighted by Gasteiger charge is 2.25. The number of methoxy groups -OCH3 is 3. The smallest absolute Gasteiger partial charge is 0.340 e. The number of benzene rings is 2. The summed E-state index contributed by atoms with van der Waals surface area (Å²) in [6, 6.07) is 11.9. The minimum Gasteiger partial charge on any atom is -0.493 e. The van der Waals surface area contributed by atoms with Gasteiger partial charge in [0.2, 0.25) is 5.75 Å². The summed E-state index contributed by atoms with van der Waals surface area (Å²) in [7, 11) is 6.35. The fraction of sp³-hybridized carbons (Fsp3) is 0.409. The Morgan fingerprint density at radius 3 is 2.29 bits per heavy atom. The molecular weight excluding hydrogens is 358 g/mol. The molecule has 2 aromatic carbocycles. The van der Waals surface area contributed by atoms with E-state index in [4.69, 9.17) is 18.9 Å². The minimum absolute atomic E-state index is 0.120. The van der Waals surface area contributed by atoms with Gasteiger partial charge in [-0.3, -0.25) is 5.32 Å². The number of esters is 1. The van der Waals surface area contributed by atoms with Crippen LogP contribution >= 0.6 is 0 Å². The molecule has 0 fully saturated rings. The molecule has 0 saturated carbocycles. The standard InChI is InChI=1S/C22H29NO5/c1-15(16-9-7-6-8-10-16)11-12-17-18(22(24)28-14-23-2)13-19(25-3)21(27-5)20(17)26-4/h6-10,13,15,23H,11-12,14H2,1-5H3. The normalized spacial score (nSPS) is 11.6. The van der Waals surface area contributed by atoms with Crippen LogP contribution in [0.15, 0.2) is 36.4 Å². The maximum absolute atomic E-state index is 12.7. The van der Waals surface area contributed by atoms with Gasteiger partial charge in [0, 0.05) is 5.56 Å². The Balaban J connectivity index is 2.41. The Kier molecular flexibility index (Phi) is 8.14. The molecule has 0 aliphatic heterocycles. The molecular formula is C22H29NO5. The highest BCUT2D eigenvalue weighted by Crippen LogP contribution is 2.43. The summed E-state index contributed by atoms with van der Waals surface area (Å²) in [5.41, 5.74) is 2.43. The molecule has 0 aliphatic rings.